The van der Waals surface area contributed by atoms with Gasteiger partial charge in [0.15, 0.2) is 0 Å². The van der Waals surface area contributed by atoms with Crippen LogP contribution in [-0.2, 0) is 12.7 Å². The van der Waals surface area contributed by atoms with Crippen molar-refractivity contribution in [2.75, 3.05) is 0 Å². The van der Waals surface area contributed by atoms with Crippen molar-refractivity contribution in [2.45, 2.75) is 12.7 Å². The number of nitrogens with zero attached hydrogens (tertiary/aromatic N) is 1. The highest BCUT2D eigenvalue weighted by Crippen LogP contribution is 2.26. The molecule has 0 aliphatic carbocycles. The first-order chi connectivity index (χ1) is 6.04. The predicted octanol–water partition coefficient (Wildman–Crippen LogP) is 1.91. The molecule has 88 valence electrons. The average Bonchev–Trinajstić information content (AvgIpc) is 2.04. The Labute approximate surface area is 97.0 Å². The largest absolute Gasteiger partial charge is 0.433 e. The summed E-state index contributed by atoms with van der Waals surface area (Å²) in [4.78, 5) is 3.25. The van der Waals surface area contributed by atoms with E-state index >= 15 is 0 Å². The fourth-order valence-corrected chi connectivity index (χ4v) is 0.815. The molecule has 0 aliphatic rings. The predicted molar refractivity (Wildman–Crippen MR) is 54.8 cm³/mol. The second-order valence-electron chi connectivity index (χ2n) is 2.43. The van der Waals surface area contributed by atoms with E-state index in [0.717, 1.165) is 12.3 Å². The molecule has 0 aliphatic heterocycles. The fourth-order valence-electron chi connectivity index (χ4n) is 0.815. The minimum absolute atomic E-state index is 0. The molecule has 1 aromatic heterocycles. The molecule has 1 rings (SSSR count). The molecule has 8 heteroatoms. The monoisotopic (exact) mass is 263 g/mol. The number of hydrogen-bond donors (Lipinski definition) is 2. The molecule has 0 fully saturated rings. The summed E-state index contributed by atoms with van der Waals surface area (Å²) >= 11 is 0. The van der Waals surface area contributed by atoms with Crippen LogP contribution in [-0.4, -0.2) is 4.98 Å². The SMILES string of the molecule is Cl.Cl.NNCc1ccc(C(F)(F)F)nc1. The van der Waals surface area contributed by atoms with Gasteiger partial charge in [0, 0.05) is 12.7 Å². The first-order valence-electron chi connectivity index (χ1n) is 3.49. The average molecular weight is 264 g/mol. The van der Waals surface area contributed by atoms with Gasteiger partial charge in [-0.3, -0.25) is 16.3 Å². The number of hydrogen-bond acceptors (Lipinski definition) is 3. The number of halogens is 5. The Morgan fingerprint density at radius 2 is 1.87 bits per heavy atom. The summed E-state index contributed by atoms with van der Waals surface area (Å²) in [6, 6.07) is 2.25. The summed E-state index contributed by atoms with van der Waals surface area (Å²) in [5, 5.41) is 0. The van der Waals surface area contributed by atoms with Gasteiger partial charge in [0.25, 0.3) is 0 Å². The van der Waals surface area contributed by atoms with E-state index in [-0.39, 0.29) is 24.8 Å². The summed E-state index contributed by atoms with van der Waals surface area (Å²) in [5.74, 6) is 4.98. The second-order valence-corrected chi connectivity index (χ2v) is 2.43. The van der Waals surface area contributed by atoms with Gasteiger partial charge in [-0.25, -0.2) is 0 Å². The maximum atomic E-state index is 12.0. The summed E-state index contributed by atoms with van der Waals surface area (Å²) in [6.45, 7) is 0.297. The number of nitrogens with two attached hydrogens (primary N) is 1. The quantitative estimate of drug-likeness (QED) is 0.633. The van der Waals surface area contributed by atoms with Crippen LogP contribution in [0.3, 0.4) is 0 Å². The van der Waals surface area contributed by atoms with Crippen LogP contribution in [0, 0.1) is 0 Å². The topological polar surface area (TPSA) is 50.9 Å². The van der Waals surface area contributed by atoms with E-state index in [0.29, 0.717) is 12.1 Å². The van der Waals surface area contributed by atoms with Crippen LogP contribution in [0.15, 0.2) is 18.3 Å². The molecule has 0 radical (unpaired) electrons. The van der Waals surface area contributed by atoms with Crippen molar-refractivity contribution < 1.29 is 13.2 Å². The minimum Gasteiger partial charge on any atom is -0.271 e. The molecule has 3 N–H and O–H groups in total. The lowest BCUT2D eigenvalue weighted by molar-refractivity contribution is -0.141. The Balaban J connectivity index is 0. The lowest BCUT2D eigenvalue weighted by atomic mass is 10.2. The number of alkyl halides is 3. The lowest BCUT2D eigenvalue weighted by Gasteiger charge is -2.05. The Kier molecular flexibility index (Phi) is 7.68. The first-order valence-corrected chi connectivity index (χ1v) is 3.49. The third-order valence-electron chi connectivity index (χ3n) is 1.42. The highest BCUT2D eigenvalue weighted by molar-refractivity contribution is 5.85. The van der Waals surface area contributed by atoms with Crippen molar-refractivity contribution in [1.29, 1.82) is 0 Å². The van der Waals surface area contributed by atoms with Gasteiger partial charge in [-0.2, -0.15) is 13.2 Å². The molecule has 0 atom stereocenters. The number of pyridine rings is 1. The maximum absolute atomic E-state index is 12.0. The van der Waals surface area contributed by atoms with E-state index in [1.165, 1.54) is 6.07 Å². The van der Waals surface area contributed by atoms with E-state index in [4.69, 9.17) is 5.84 Å². The highest BCUT2D eigenvalue weighted by atomic mass is 35.5. The highest BCUT2D eigenvalue weighted by Gasteiger charge is 2.31. The smallest absolute Gasteiger partial charge is 0.271 e. The Bertz CT molecular complexity index is 276. The van der Waals surface area contributed by atoms with Crippen molar-refractivity contribution in [3.63, 3.8) is 0 Å². The normalized spacial score (nSPS) is 10.1. The van der Waals surface area contributed by atoms with Crippen molar-refractivity contribution in [3.05, 3.63) is 29.6 Å². The molecular formula is C7H10Cl2F3N3. The standard InChI is InChI=1S/C7H8F3N3.2ClH/c8-7(9,10)6-2-1-5(3-12-6)4-13-11;;/h1-3,13H,4,11H2;2*1H. The van der Waals surface area contributed by atoms with Crippen molar-refractivity contribution >= 4 is 24.8 Å². The van der Waals surface area contributed by atoms with E-state index in [2.05, 4.69) is 10.4 Å². The van der Waals surface area contributed by atoms with Gasteiger partial charge in [-0.05, 0) is 11.6 Å². The molecule has 0 aromatic carbocycles. The molecule has 1 aromatic rings. The van der Waals surface area contributed by atoms with E-state index in [1.807, 2.05) is 0 Å². The second kappa shape index (κ2) is 6.84. The third-order valence-corrected chi connectivity index (χ3v) is 1.42. The molecule has 0 amide bonds. The molecule has 0 saturated heterocycles. The molecule has 1 heterocycles. The van der Waals surface area contributed by atoms with Crippen LogP contribution in [0.2, 0.25) is 0 Å². The van der Waals surface area contributed by atoms with E-state index in [9.17, 15) is 13.2 Å². The van der Waals surface area contributed by atoms with Gasteiger partial charge in [0.05, 0.1) is 0 Å². The minimum atomic E-state index is -4.38. The summed E-state index contributed by atoms with van der Waals surface area (Å²) in [5.41, 5.74) is 2.03. The molecule has 0 unspecified atom stereocenters. The summed E-state index contributed by atoms with van der Waals surface area (Å²) < 4.78 is 36.0. The molecule has 0 bridgehead atoms. The van der Waals surface area contributed by atoms with E-state index < -0.39 is 11.9 Å². The zero-order valence-corrected chi connectivity index (χ0v) is 9.05. The van der Waals surface area contributed by atoms with Crippen LogP contribution < -0.4 is 11.3 Å². The van der Waals surface area contributed by atoms with Crippen molar-refractivity contribution in [1.82, 2.24) is 10.4 Å². The van der Waals surface area contributed by atoms with Crippen LogP contribution in [0.5, 0.6) is 0 Å². The zero-order chi connectivity index (χ0) is 9.90. The van der Waals surface area contributed by atoms with Gasteiger partial charge < -0.3 is 0 Å². The number of hydrazine groups is 1. The maximum Gasteiger partial charge on any atom is 0.433 e. The summed E-state index contributed by atoms with van der Waals surface area (Å²) in [6.07, 6.45) is -3.24. The lowest BCUT2D eigenvalue weighted by Crippen LogP contribution is -2.21. The summed E-state index contributed by atoms with van der Waals surface area (Å²) in [7, 11) is 0. The number of aromatic nitrogens is 1. The molecular weight excluding hydrogens is 254 g/mol. The molecule has 15 heavy (non-hydrogen) atoms. The Morgan fingerprint density at radius 1 is 1.27 bits per heavy atom. The first kappa shape index (κ1) is 16.9. The van der Waals surface area contributed by atoms with Crippen LogP contribution in [0.4, 0.5) is 13.2 Å². The molecule has 3 nitrogen and oxygen atoms in total. The third kappa shape index (κ3) is 5.17. The van der Waals surface area contributed by atoms with Crippen molar-refractivity contribution in [3.8, 4) is 0 Å². The Hall–Kier alpha value is -0.560. The van der Waals surface area contributed by atoms with Gasteiger partial charge in [-0.15, -0.1) is 24.8 Å². The van der Waals surface area contributed by atoms with Crippen LogP contribution >= 0.6 is 24.8 Å². The Morgan fingerprint density at radius 3 is 2.20 bits per heavy atom. The molecule has 0 spiro atoms. The van der Waals surface area contributed by atoms with Gasteiger partial charge in [0.1, 0.15) is 5.69 Å². The van der Waals surface area contributed by atoms with Crippen LogP contribution in [0.25, 0.3) is 0 Å². The van der Waals surface area contributed by atoms with Crippen LogP contribution in [0.1, 0.15) is 11.3 Å². The zero-order valence-electron chi connectivity index (χ0n) is 7.41. The van der Waals surface area contributed by atoms with E-state index in [1.54, 1.807) is 0 Å². The number of nitrogens with one attached hydrogen (secondary N) is 1. The van der Waals surface area contributed by atoms with Crippen molar-refractivity contribution in [2.24, 2.45) is 5.84 Å². The fraction of sp³-hybridized carbons (Fsp3) is 0.286. The van der Waals surface area contributed by atoms with Gasteiger partial charge in [0.2, 0.25) is 0 Å². The van der Waals surface area contributed by atoms with Gasteiger partial charge in [-0.1, -0.05) is 6.07 Å². The molecule has 0 saturated carbocycles. The number of rotatable bonds is 2. The van der Waals surface area contributed by atoms with Gasteiger partial charge >= 0.3 is 6.18 Å².